The molecule has 0 radical (unpaired) electrons. The van der Waals surface area contributed by atoms with E-state index in [1.807, 2.05) is 0 Å². The largest absolute Gasteiger partial charge is 0.480 e. The third kappa shape index (κ3) is 2.86. The van der Waals surface area contributed by atoms with Gasteiger partial charge in [0.1, 0.15) is 13.1 Å². The molecule has 0 atom stereocenters. The van der Waals surface area contributed by atoms with Crippen molar-refractivity contribution in [1.29, 1.82) is 0 Å². The van der Waals surface area contributed by atoms with Crippen LogP contribution in [0.2, 0.25) is 0 Å². The molecule has 7 nitrogen and oxygen atoms in total. The Hall–Kier alpha value is -1.79. The fourth-order valence-corrected chi connectivity index (χ4v) is 1.87. The lowest BCUT2D eigenvalue weighted by Gasteiger charge is -2.32. The lowest BCUT2D eigenvalue weighted by molar-refractivity contribution is -0.137. The van der Waals surface area contributed by atoms with Gasteiger partial charge in [0.05, 0.1) is 0 Å². The third-order valence-electron chi connectivity index (χ3n) is 2.85. The monoisotopic (exact) mass is 241 g/mol. The predicted octanol–water partition coefficient (Wildman–Crippen LogP) is -0.913. The molecule has 0 aromatic heterocycles. The lowest BCUT2D eigenvalue weighted by Crippen LogP contribution is -2.55. The van der Waals surface area contributed by atoms with Gasteiger partial charge in [-0.25, -0.2) is 4.79 Å². The Labute approximate surface area is 98.4 Å². The van der Waals surface area contributed by atoms with Crippen molar-refractivity contribution >= 4 is 17.9 Å². The summed E-state index contributed by atoms with van der Waals surface area (Å²) >= 11 is 0. The maximum absolute atomic E-state index is 12.1. The van der Waals surface area contributed by atoms with E-state index < -0.39 is 5.97 Å². The highest BCUT2D eigenvalue weighted by atomic mass is 16.4. The van der Waals surface area contributed by atoms with Crippen LogP contribution >= 0.6 is 0 Å². The van der Waals surface area contributed by atoms with Gasteiger partial charge in [-0.2, -0.15) is 0 Å². The van der Waals surface area contributed by atoms with Crippen LogP contribution in [-0.2, 0) is 9.59 Å². The standard InChI is InChI=1S/C10H15N3O4/c14-8-5-12(4-3-11-8)10(17)13(6-9(15)16)7-1-2-7/h7H,1-6H2,(H,11,14)(H,15,16). The Balaban J connectivity index is 1.99. The molecule has 1 saturated carbocycles. The number of carbonyl (C=O) groups is 3. The van der Waals surface area contributed by atoms with Crippen molar-refractivity contribution in [2.75, 3.05) is 26.2 Å². The molecule has 2 N–H and O–H groups in total. The second kappa shape index (κ2) is 4.60. The number of carbonyl (C=O) groups excluding carboxylic acids is 2. The van der Waals surface area contributed by atoms with Crippen LogP contribution in [-0.4, -0.2) is 65.0 Å². The molecule has 1 aliphatic heterocycles. The number of carboxylic acids is 1. The zero-order valence-corrected chi connectivity index (χ0v) is 9.39. The summed E-state index contributed by atoms with van der Waals surface area (Å²) in [5, 5.41) is 11.4. The van der Waals surface area contributed by atoms with E-state index in [-0.39, 0.29) is 31.1 Å². The number of hydrogen-bond donors (Lipinski definition) is 2. The van der Waals surface area contributed by atoms with Gasteiger partial charge in [0.15, 0.2) is 0 Å². The zero-order chi connectivity index (χ0) is 12.4. The molecule has 1 saturated heterocycles. The summed E-state index contributed by atoms with van der Waals surface area (Å²) in [6.45, 7) is 0.590. The van der Waals surface area contributed by atoms with Gasteiger partial charge in [0, 0.05) is 19.1 Å². The van der Waals surface area contributed by atoms with Crippen molar-refractivity contribution in [2.24, 2.45) is 0 Å². The maximum Gasteiger partial charge on any atom is 0.323 e. The first-order chi connectivity index (χ1) is 8.08. The molecule has 0 unspecified atom stereocenters. The Bertz CT molecular complexity index is 353. The van der Waals surface area contributed by atoms with Gasteiger partial charge in [-0.3, -0.25) is 9.59 Å². The highest BCUT2D eigenvalue weighted by molar-refractivity contribution is 5.87. The molecule has 0 aromatic carbocycles. The molecular weight excluding hydrogens is 226 g/mol. The van der Waals surface area contributed by atoms with E-state index in [4.69, 9.17) is 5.11 Å². The molecule has 2 rings (SSSR count). The van der Waals surface area contributed by atoms with Crippen LogP contribution in [0.1, 0.15) is 12.8 Å². The minimum absolute atomic E-state index is 0.0155. The number of carboxylic acid groups (broad SMARTS) is 1. The summed E-state index contributed by atoms with van der Waals surface area (Å²) in [5.41, 5.74) is 0. The van der Waals surface area contributed by atoms with Crippen molar-refractivity contribution in [3.63, 3.8) is 0 Å². The fraction of sp³-hybridized carbons (Fsp3) is 0.700. The molecule has 0 bridgehead atoms. The Morgan fingerprint density at radius 1 is 1.47 bits per heavy atom. The van der Waals surface area contributed by atoms with E-state index in [1.54, 1.807) is 0 Å². The van der Waals surface area contributed by atoms with Gasteiger partial charge in [-0.05, 0) is 12.8 Å². The van der Waals surface area contributed by atoms with Crippen LogP contribution in [0, 0.1) is 0 Å². The van der Waals surface area contributed by atoms with Gasteiger partial charge in [0.2, 0.25) is 5.91 Å². The van der Waals surface area contributed by atoms with Gasteiger partial charge >= 0.3 is 12.0 Å². The molecule has 7 heteroatoms. The van der Waals surface area contributed by atoms with Crippen LogP contribution in [0.5, 0.6) is 0 Å². The van der Waals surface area contributed by atoms with Crippen molar-refractivity contribution < 1.29 is 19.5 Å². The summed E-state index contributed by atoms with van der Waals surface area (Å²) in [4.78, 5) is 36.7. The van der Waals surface area contributed by atoms with E-state index in [2.05, 4.69) is 5.32 Å². The second-order valence-corrected chi connectivity index (χ2v) is 4.31. The summed E-state index contributed by atoms with van der Waals surface area (Å²) < 4.78 is 0. The number of rotatable bonds is 3. The number of aliphatic carboxylic acids is 1. The van der Waals surface area contributed by atoms with E-state index in [9.17, 15) is 14.4 Å². The number of piperazine rings is 1. The molecule has 0 spiro atoms. The van der Waals surface area contributed by atoms with E-state index in [1.165, 1.54) is 9.80 Å². The smallest absolute Gasteiger partial charge is 0.323 e. The first-order valence-electron chi connectivity index (χ1n) is 5.62. The molecule has 2 aliphatic rings. The first kappa shape index (κ1) is 11.7. The number of nitrogens with one attached hydrogen (secondary N) is 1. The summed E-state index contributed by atoms with van der Waals surface area (Å²) in [7, 11) is 0. The molecule has 0 aromatic rings. The zero-order valence-electron chi connectivity index (χ0n) is 9.39. The van der Waals surface area contributed by atoms with E-state index >= 15 is 0 Å². The van der Waals surface area contributed by atoms with E-state index in [0.29, 0.717) is 13.1 Å². The third-order valence-corrected chi connectivity index (χ3v) is 2.85. The van der Waals surface area contributed by atoms with Crippen LogP contribution in [0.25, 0.3) is 0 Å². The van der Waals surface area contributed by atoms with Crippen LogP contribution < -0.4 is 5.32 Å². The van der Waals surface area contributed by atoms with Gasteiger partial charge in [-0.1, -0.05) is 0 Å². The van der Waals surface area contributed by atoms with Crippen LogP contribution in [0.3, 0.4) is 0 Å². The predicted molar refractivity (Wildman–Crippen MR) is 57.3 cm³/mol. The first-order valence-corrected chi connectivity index (χ1v) is 5.62. The van der Waals surface area contributed by atoms with Gasteiger partial charge < -0.3 is 20.2 Å². The van der Waals surface area contributed by atoms with Crippen LogP contribution in [0.15, 0.2) is 0 Å². The molecule has 17 heavy (non-hydrogen) atoms. The normalized spacial score (nSPS) is 19.8. The number of amides is 3. The van der Waals surface area contributed by atoms with Crippen molar-refractivity contribution in [1.82, 2.24) is 15.1 Å². The minimum Gasteiger partial charge on any atom is -0.480 e. The fourth-order valence-electron chi connectivity index (χ4n) is 1.87. The molecule has 1 aliphatic carbocycles. The summed E-state index contributed by atoms with van der Waals surface area (Å²) in [6.07, 6.45) is 1.69. The lowest BCUT2D eigenvalue weighted by atomic mass is 10.3. The Kier molecular flexibility index (Phi) is 3.16. The second-order valence-electron chi connectivity index (χ2n) is 4.31. The highest BCUT2D eigenvalue weighted by Gasteiger charge is 2.37. The quantitative estimate of drug-likeness (QED) is 0.669. The number of nitrogens with zero attached hydrogens (tertiary/aromatic N) is 2. The molecule has 3 amide bonds. The highest BCUT2D eigenvalue weighted by Crippen LogP contribution is 2.27. The average Bonchev–Trinajstić information content (AvgIpc) is 3.08. The molecule has 94 valence electrons. The van der Waals surface area contributed by atoms with Crippen molar-refractivity contribution in [3.05, 3.63) is 0 Å². The summed E-state index contributed by atoms with van der Waals surface area (Å²) in [6, 6.07) is -0.312. The van der Waals surface area contributed by atoms with Gasteiger partial charge in [0.25, 0.3) is 0 Å². The Morgan fingerprint density at radius 2 is 2.18 bits per heavy atom. The van der Waals surface area contributed by atoms with E-state index in [0.717, 1.165) is 12.8 Å². The Morgan fingerprint density at radius 3 is 2.71 bits per heavy atom. The summed E-state index contributed by atoms with van der Waals surface area (Å²) in [5.74, 6) is -1.22. The number of hydrogen-bond acceptors (Lipinski definition) is 3. The minimum atomic E-state index is -1.02. The molecule has 2 fully saturated rings. The van der Waals surface area contributed by atoms with Crippen molar-refractivity contribution in [2.45, 2.75) is 18.9 Å². The maximum atomic E-state index is 12.1. The van der Waals surface area contributed by atoms with Crippen LogP contribution in [0.4, 0.5) is 4.79 Å². The molecular formula is C10H15N3O4. The van der Waals surface area contributed by atoms with Crippen molar-refractivity contribution in [3.8, 4) is 0 Å². The average molecular weight is 241 g/mol. The molecule has 1 heterocycles. The SMILES string of the molecule is O=C(O)CN(C(=O)N1CCNC(=O)C1)C1CC1. The van der Waals surface area contributed by atoms with Gasteiger partial charge in [-0.15, -0.1) is 0 Å². The number of urea groups is 1. The topological polar surface area (TPSA) is 89.9 Å².